The van der Waals surface area contributed by atoms with Gasteiger partial charge in [0.15, 0.2) is 0 Å². The number of ether oxygens (including phenoxy) is 1. The molecule has 0 rings (SSSR count). The van der Waals surface area contributed by atoms with Crippen LogP contribution in [0.3, 0.4) is 0 Å². The molecule has 0 aliphatic rings. The zero-order valence-corrected chi connectivity index (χ0v) is 18.1. The summed E-state index contributed by atoms with van der Waals surface area (Å²) in [6.07, 6.45) is 15.3. The van der Waals surface area contributed by atoms with E-state index in [0.717, 1.165) is 19.3 Å². The van der Waals surface area contributed by atoms with Crippen molar-refractivity contribution in [2.45, 2.75) is 110 Å². The second-order valence-corrected chi connectivity index (χ2v) is 6.46. The van der Waals surface area contributed by atoms with Crippen molar-refractivity contribution in [1.29, 1.82) is 0 Å². The van der Waals surface area contributed by atoms with E-state index in [1.165, 1.54) is 71.1 Å². The standard InChI is InChI=1S/C19H36O4.Ca.2H/c1-3-4-5-6-7-8-9-10-11-12-13-14-15-16-18(21)23-19(22)17(2)20;;;/h17,20H,3-16H2,1-2H3;;;/q;+2;2*-1. The average molecular weight is 371 g/mol. The third kappa shape index (κ3) is 18.7. The summed E-state index contributed by atoms with van der Waals surface area (Å²) in [4.78, 5) is 22.3. The van der Waals surface area contributed by atoms with Crippen LogP contribution in [0.15, 0.2) is 0 Å². The van der Waals surface area contributed by atoms with Crippen molar-refractivity contribution in [3.05, 3.63) is 0 Å². The van der Waals surface area contributed by atoms with Gasteiger partial charge in [-0.3, -0.25) is 4.79 Å². The van der Waals surface area contributed by atoms with Crippen molar-refractivity contribution in [2.24, 2.45) is 0 Å². The van der Waals surface area contributed by atoms with Crippen LogP contribution in [0.2, 0.25) is 0 Å². The van der Waals surface area contributed by atoms with Crippen LogP contribution in [-0.4, -0.2) is 60.9 Å². The van der Waals surface area contributed by atoms with Crippen LogP contribution >= 0.6 is 0 Å². The molecule has 0 radical (unpaired) electrons. The maximum absolute atomic E-state index is 11.3. The number of hydrogen-bond acceptors (Lipinski definition) is 4. The van der Waals surface area contributed by atoms with Crippen LogP contribution in [0.25, 0.3) is 0 Å². The Hall–Kier alpha value is 0.360. The van der Waals surface area contributed by atoms with Gasteiger partial charge in [-0.05, 0) is 13.3 Å². The van der Waals surface area contributed by atoms with Gasteiger partial charge in [0, 0.05) is 6.42 Å². The molecule has 0 fully saturated rings. The maximum atomic E-state index is 11.3. The molecule has 0 aliphatic carbocycles. The Bertz CT molecular complexity index is 316. The number of carbonyl (C=O) groups excluding carboxylic acids is 2. The summed E-state index contributed by atoms with van der Waals surface area (Å²) in [7, 11) is 0. The number of aliphatic hydroxyl groups excluding tert-OH is 1. The van der Waals surface area contributed by atoms with E-state index in [2.05, 4.69) is 11.7 Å². The maximum Gasteiger partial charge on any atom is 2.00 e. The SMILES string of the molecule is CCCCCCCCCCCCCCCC(=O)OC(=O)C(C)O.[Ca+2].[H-].[H-]. The molecule has 1 unspecified atom stereocenters. The molecular weight excluding hydrogens is 332 g/mol. The molecule has 0 spiro atoms. The van der Waals surface area contributed by atoms with E-state index in [-0.39, 0.29) is 47.0 Å². The fourth-order valence-corrected chi connectivity index (χ4v) is 2.54. The van der Waals surface area contributed by atoms with Crippen molar-refractivity contribution >= 4 is 49.7 Å². The molecule has 0 saturated carbocycles. The first kappa shape index (κ1) is 26.6. The van der Waals surface area contributed by atoms with Gasteiger partial charge in [-0.2, -0.15) is 0 Å². The second-order valence-electron chi connectivity index (χ2n) is 6.46. The third-order valence-corrected chi connectivity index (χ3v) is 4.04. The van der Waals surface area contributed by atoms with Gasteiger partial charge in [0.1, 0.15) is 6.10 Å². The molecule has 0 amide bonds. The quantitative estimate of drug-likeness (QED) is 0.195. The smallest absolute Gasteiger partial charge is 1.00 e. The number of hydrogen-bond donors (Lipinski definition) is 1. The first-order valence-electron chi connectivity index (χ1n) is 9.50. The summed E-state index contributed by atoms with van der Waals surface area (Å²) in [5.74, 6) is -1.39. The molecule has 0 aromatic rings. The number of esters is 2. The molecule has 0 aromatic carbocycles. The topological polar surface area (TPSA) is 63.6 Å². The minimum atomic E-state index is -1.23. The van der Waals surface area contributed by atoms with E-state index in [0.29, 0.717) is 0 Å². The molecule has 1 N–H and O–H groups in total. The van der Waals surface area contributed by atoms with Gasteiger partial charge < -0.3 is 12.7 Å². The number of rotatable bonds is 15. The zero-order valence-electron chi connectivity index (χ0n) is 17.9. The van der Waals surface area contributed by atoms with Crippen LogP contribution < -0.4 is 0 Å². The summed E-state index contributed by atoms with van der Waals surface area (Å²) >= 11 is 0. The van der Waals surface area contributed by atoms with Crippen molar-refractivity contribution in [1.82, 2.24) is 0 Å². The number of unbranched alkanes of at least 4 members (excludes halogenated alkanes) is 12. The molecule has 4 nitrogen and oxygen atoms in total. The normalized spacial score (nSPS) is 11.6. The average Bonchev–Trinajstić information content (AvgIpc) is 2.51. The van der Waals surface area contributed by atoms with Gasteiger partial charge in [0.2, 0.25) is 0 Å². The summed E-state index contributed by atoms with van der Waals surface area (Å²) in [6.45, 7) is 3.54. The molecule has 0 saturated heterocycles. The molecule has 1 atom stereocenters. The number of aliphatic hydroxyl groups is 1. The minimum absolute atomic E-state index is 0. The Morgan fingerprint density at radius 2 is 1.21 bits per heavy atom. The van der Waals surface area contributed by atoms with Crippen molar-refractivity contribution in [3.63, 3.8) is 0 Å². The van der Waals surface area contributed by atoms with Gasteiger partial charge >= 0.3 is 49.7 Å². The van der Waals surface area contributed by atoms with Gasteiger partial charge in [-0.15, -0.1) is 0 Å². The monoisotopic (exact) mass is 370 g/mol. The molecule has 0 aliphatic heterocycles. The fourth-order valence-electron chi connectivity index (χ4n) is 2.54. The summed E-state index contributed by atoms with van der Waals surface area (Å²) < 4.78 is 4.49. The summed E-state index contributed by atoms with van der Waals surface area (Å²) in [6, 6.07) is 0. The van der Waals surface area contributed by atoms with Gasteiger partial charge in [0.05, 0.1) is 0 Å². The first-order chi connectivity index (χ1) is 11.1. The summed E-state index contributed by atoms with van der Waals surface area (Å²) in [5, 5.41) is 8.93. The Labute approximate surface area is 181 Å². The largest absolute Gasteiger partial charge is 2.00 e. The van der Waals surface area contributed by atoms with Crippen molar-refractivity contribution in [3.8, 4) is 0 Å². The van der Waals surface area contributed by atoms with E-state index in [4.69, 9.17) is 5.11 Å². The fraction of sp³-hybridized carbons (Fsp3) is 0.895. The van der Waals surface area contributed by atoms with Gasteiger partial charge in [-0.25, -0.2) is 4.79 Å². The second kappa shape index (κ2) is 19.7. The Balaban J connectivity index is -0.000000807. The predicted octanol–water partition coefficient (Wildman–Crippen LogP) is 4.76. The molecule has 0 aromatic heterocycles. The predicted molar refractivity (Wildman–Crippen MR) is 101 cm³/mol. The van der Waals surface area contributed by atoms with Gasteiger partial charge in [-0.1, -0.05) is 84.0 Å². The van der Waals surface area contributed by atoms with Crippen molar-refractivity contribution in [2.75, 3.05) is 0 Å². The van der Waals surface area contributed by atoms with Crippen LogP contribution in [0, 0.1) is 0 Å². The first-order valence-corrected chi connectivity index (χ1v) is 9.50. The van der Waals surface area contributed by atoms with E-state index in [9.17, 15) is 9.59 Å². The Kier molecular flexibility index (Phi) is 21.8. The van der Waals surface area contributed by atoms with E-state index in [1.54, 1.807) is 0 Å². The van der Waals surface area contributed by atoms with E-state index >= 15 is 0 Å². The molecule has 0 bridgehead atoms. The van der Waals surface area contributed by atoms with Crippen LogP contribution in [0.5, 0.6) is 0 Å². The van der Waals surface area contributed by atoms with Crippen molar-refractivity contribution < 1.29 is 22.3 Å². The third-order valence-electron chi connectivity index (χ3n) is 4.04. The van der Waals surface area contributed by atoms with E-state index < -0.39 is 18.0 Å². The summed E-state index contributed by atoms with van der Waals surface area (Å²) in [5.41, 5.74) is 0. The number of carbonyl (C=O) groups is 2. The van der Waals surface area contributed by atoms with E-state index in [1.807, 2.05) is 0 Å². The minimum Gasteiger partial charge on any atom is -1.00 e. The molecule has 5 heteroatoms. The molecule has 24 heavy (non-hydrogen) atoms. The van der Waals surface area contributed by atoms with Crippen LogP contribution in [0.4, 0.5) is 0 Å². The molecular formula is C19H38CaO4. The van der Waals surface area contributed by atoms with Crippen LogP contribution in [0.1, 0.15) is 107 Å². The van der Waals surface area contributed by atoms with Crippen LogP contribution in [-0.2, 0) is 14.3 Å². The molecule has 0 heterocycles. The Morgan fingerprint density at radius 3 is 1.58 bits per heavy atom. The Morgan fingerprint density at radius 1 is 0.833 bits per heavy atom. The zero-order chi connectivity index (χ0) is 17.3. The molecule has 140 valence electrons. The van der Waals surface area contributed by atoms with Gasteiger partial charge in [0.25, 0.3) is 0 Å².